The van der Waals surface area contributed by atoms with Crippen LogP contribution in [-0.4, -0.2) is 39.8 Å². The van der Waals surface area contributed by atoms with Crippen LogP contribution < -0.4 is 10.6 Å². The van der Waals surface area contributed by atoms with E-state index in [9.17, 15) is 18.4 Å². The second kappa shape index (κ2) is 9.40. The van der Waals surface area contributed by atoms with Crippen molar-refractivity contribution in [2.24, 2.45) is 0 Å². The zero-order valence-electron chi connectivity index (χ0n) is 19.3. The molecule has 0 bridgehead atoms. The van der Waals surface area contributed by atoms with Crippen molar-refractivity contribution in [3.8, 4) is 11.4 Å². The Labute approximate surface area is 201 Å². The molecule has 2 amide bonds. The summed E-state index contributed by atoms with van der Waals surface area (Å²) in [6.07, 6.45) is 3.24. The molecule has 2 aliphatic heterocycles. The molecule has 1 aromatic heterocycles. The largest absolute Gasteiger partial charge is 0.346 e. The molecule has 0 saturated carbocycles. The Morgan fingerprint density at radius 2 is 1.69 bits per heavy atom. The molecule has 35 heavy (non-hydrogen) atoms. The van der Waals surface area contributed by atoms with Gasteiger partial charge in [0.15, 0.2) is 5.82 Å². The number of anilines is 2. The summed E-state index contributed by atoms with van der Waals surface area (Å²) in [5.74, 6) is -2.07. The van der Waals surface area contributed by atoms with Gasteiger partial charge in [0.25, 0.3) is 5.91 Å². The zero-order valence-corrected chi connectivity index (χ0v) is 19.3. The number of hydrogen-bond donors (Lipinski definition) is 2. The lowest BCUT2D eigenvalue weighted by Crippen LogP contribution is -2.38. The van der Waals surface area contributed by atoms with E-state index in [4.69, 9.17) is 0 Å². The lowest BCUT2D eigenvalue weighted by molar-refractivity contribution is -0.133. The second-order valence-corrected chi connectivity index (χ2v) is 8.85. The molecule has 1 saturated heterocycles. The smallest absolute Gasteiger partial charge is 0.257 e. The van der Waals surface area contributed by atoms with Crippen molar-refractivity contribution in [1.82, 2.24) is 20.2 Å². The summed E-state index contributed by atoms with van der Waals surface area (Å²) in [7, 11) is 0. The van der Waals surface area contributed by atoms with Crippen molar-refractivity contribution < 1.29 is 18.4 Å². The van der Waals surface area contributed by atoms with Crippen molar-refractivity contribution in [2.45, 2.75) is 38.6 Å². The lowest BCUT2D eigenvalue weighted by atomic mass is 9.98. The minimum absolute atomic E-state index is 0.118. The number of amides is 2. The molecule has 1 fully saturated rings. The first-order chi connectivity index (χ1) is 16.9. The van der Waals surface area contributed by atoms with E-state index >= 15 is 0 Å². The normalized spacial score (nSPS) is 16.0. The van der Waals surface area contributed by atoms with Crippen molar-refractivity contribution in [3.63, 3.8) is 0 Å². The standard InChI is InChI=1S/C26H25F2N5O2/c1-15(26(35)33-12-3-2-4-13-33)16-8-10-17(11-9-16)30-24-22-20(14-29-25(22)34)31-23(32-24)21-18(27)6-5-7-19(21)28/h5-11,15H,2-4,12-14H2,1H3,(H,29,34)(H,30,31,32)/t15-/m0/s1. The minimum Gasteiger partial charge on any atom is -0.346 e. The van der Waals surface area contributed by atoms with Crippen LogP contribution in [0.4, 0.5) is 20.3 Å². The Morgan fingerprint density at radius 3 is 2.37 bits per heavy atom. The molecule has 2 aliphatic rings. The van der Waals surface area contributed by atoms with Gasteiger partial charge in [-0.2, -0.15) is 0 Å². The first-order valence-electron chi connectivity index (χ1n) is 11.7. The van der Waals surface area contributed by atoms with Crippen LogP contribution in [0.2, 0.25) is 0 Å². The van der Waals surface area contributed by atoms with E-state index in [0.29, 0.717) is 11.4 Å². The van der Waals surface area contributed by atoms with Gasteiger partial charge >= 0.3 is 0 Å². The predicted octanol–water partition coefficient (Wildman–Crippen LogP) is 4.52. The van der Waals surface area contributed by atoms with Gasteiger partial charge in [0.05, 0.1) is 23.7 Å². The molecule has 180 valence electrons. The maximum absolute atomic E-state index is 14.4. The third-order valence-electron chi connectivity index (χ3n) is 6.53. The number of piperidine rings is 1. The topological polar surface area (TPSA) is 87.2 Å². The second-order valence-electron chi connectivity index (χ2n) is 8.85. The number of nitrogens with zero attached hydrogens (tertiary/aromatic N) is 3. The summed E-state index contributed by atoms with van der Waals surface area (Å²) in [6.45, 7) is 3.64. The highest BCUT2D eigenvalue weighted by Crippen LogP contribution is 2.31. The van der Waals surface area contributed by atoms with Gasteiger partial charge in [0, 0.05) is 18.8 Å². The SMILES string of the molecule is C[C@H](C(=O)N1CCCCC1)c1ccc(Nc2nc(-c3c(F)cccc3F)nc3c2C(=O)NC3)cc1. The van der Waals surface area contributed by atoms with Gasteiger partial charge in [-0.15, -0.1) is 0 Å². The van der Waals surface area contributed by atoms with Crippen LogP contribution >= 0.6 is 0 Å². The summed E-state index contributed by atoms with van der Waals surface area (Å²) in [6, 6.07) is 10.8. The summed E-state index contributed by atoms with van der Waals surface area (Å²) < 4.78 is 28.8. The Balaban J connectivity index is 1.42. The highest BCUT2D eigenvalue weighted by molar-refractivity contribution is 6.03. The maximum atomic E-state index is 14.4. The van der Waals surface area contributed by atoms with Crippen LogP contribution in [-0.2, 0) is 11.3 Å². The van der Waals surface area contributed by atoms with Gasteiger partial charge in [-0.25, -0.2) is 18.7 Å². The number of hydrogen-bond acceptors (Lipinski definition) is 5. The molecule has 0 radical (unpaired) electrons. The van der Waals surface area contributed by atoms with Crippen LogP contribution in [0.25, 0.3) is 11.4 Å². The van der Waals surface area contributed by atoms with Crippen LogP contribution in [0, 0.1) is 11.6 Å². The third-order valence-corrected chi connectivity index (χ3v) is 6.53. The fraction of sp³-hybridized carbons (Fsp3) is 0.308. The first-order valence-corrected chi connectivity index (χ1v) is 11.7. The number of benzene rings is 2. The lowest BCUT2D eigenvalue weighted by Gasteiger charge is -2.29. The number of aromatic nitrogens is 2. The molecule has 0 aliphatic carbocycles. The molecular formula is C26H25F2N5O2. The molecule has 0 unspecified atom stereocenters. The fourth-order valence-electron chi connectivity index (χ4n) is 4.56. The average molecular weight is 478 g/mol. The molecule has 2 aromatic carbocycles. The first kappa shape index (κ1) is 22.9. The summed E-state index contributed by atoms with van der Waals surface area (Å²) in [5, 5.41) is 5.77. The fourth-order valence-corrected chi connectivity index (χ4v) is 4.56. The quantitative estimate of drug-likeness (QED) is 0.564. The van der Waals surface area contributed by atoms with Gasteiger partial charge < -0.3 is 15.5 Å². The van der Waals surface area contributed by atoms with Gasteiger partial charge in [-0.1, -0.05) is 18.2 Å². The van der Waals surface area contributed by atoms with E-state index in [1.807, 2.05) is 24.0 Å². The number of carbonyl (C=O) groups is 2. The van der Waals surface area contributed by atoms with Crippen LogP contribution in [0.1, 0.15) is 53.7 Å². The molecule has 7 nitrogen and oxygen atoms in total. The van der Waals surface area contributed by atoms with Crippen LogP contribution in [0.15, 0.2) is 42.5 Å². The van der Waals surface area contributed by atoms with E-state index in [0.717, 1.165) is 50.0 Å². The van der Waals surface area contributed by atoms with Crippen molar-refractivity contribution in [2.75, 3.05) is 18.4 Å². The molecular weight excluding hydrogens is 452 g/mol. The summed E-state index contributed by atoms with van der Waals surface area (Å²) >= 11 is 0. The molecule has 0 spiro atoms. The van der Waals surface area contributed by atoms with Crippen LogP contribution in [0.3, 0.4) is 0 Å². The highest BCUT2D eigenvalue weighted by atomic mass is 19.1. The average Bonchev–Trinajstić information content (AvgIpc) is 3.25. The molecule has 9 heteroatoms. The van der Waals surface area contributed by atoms with Gasteiger partial charge in [-0.05, 0) is 56.0 Å². The Bertz CT molecular complexity index is 1270. The van der Waals surface area contributed by atoms with Crippen molar-refractivity contribution in [3.05, 3.63) is 70.9 Å². The number of carbonyl (C=O) groups excluding carboxylic acids is 2. The van der Waals surface area contributed by atoms with Crippen molar-refractivity contribution >= 4 is 23.3 Å². The Kier molecular flexibility index (Phi) is 6.15. The predicted molar refractivity (Wildman–Crippen MR) is 127 cm³/mol. The molecule has 3 heterocycles. The van der Waals surface area contributed by atoms with Crippen molar-refractivity contribution in [1.29, 1.82) is 0 Å². The number of likely N-dealkylation sites (tertiary alicyclic amines) is 1. The zero-order chi connectivity index (χ0) is 24.5. The van der Waals surface area contributed by atoms with E-state index in [1.165, 1.54) is 6.07 Å². The van der Waals surface area contributed by atoms with E-state index in [1.54, 1.807) is 12.1 Å². The van der Waals surface area contributed by atoms with E-state index in [2.05, 4.69) is 20.6 Å². The van der Waals surface area contributed by atoms with Gasteiger partial charge in [0.1, 0.15) is 23.0 Å². The van der Waals surface area contributed by atoms with E-state index in [-0.39, 0.29) is 47.0 Å². The van der Waals surface area contributed by atoms with Gasteiger partial charge in [0.2, 0.25) is 5.91 Å². The number of rotatable bonds is 5. The Hall–Kier alpha value is -3.88. The van der Waals surface area contributed by atoms with E-state index < -0.39 is 11.6 Å². The number of nitrogens with one attached hydrogen (secondary N) is 2. The summed E-state index contributed by atoms with van der Waals surface area (Å²) in [4.78, 5) is 35.7. The molecule has 3 aromatic rings. The summed E-state index contributed by atoms with van der Waals surface area (Å²) in [5.41, 5.74) is 1.75. The maximum Gasteiger partial charge on any atom is 0.257 e. The number of halogens is 2. The molecule has 5 rings (SSSR count). The van der Waals surface area contributed by atoms with Crippen LogP contribution in [0.5, 0.6) is 0 Å². The molecule has 2 N–H and O–H groups in total. The highest BCUT2D eigenvalue weighted by Gasteiger charge is 2.28. The Morgan fingerprint density at radius 1 is 1.00 bits per heavy atom. The number of fused-ring (bicyclic) bond motifs is 1. The third kappa shape index (κ3) is 4.45. The molecule has 1 atom stereocenters. The minimum atomic E-state index is -0.787. The van der Waals surface area contributed by atoms with Gasteiger partial charge in [-0.3, -0.25) is 9.59 Å². The monoisotopic (exact) mass is 477 g/mol.